The van der Waals surface area contributed by atoms with Crippen molar-refractivity contribution in [2.75, 3.05) is 6.54 Å². The van der Waals surface area contributed by atoms with Gasteiger partial charge >= 0.3 is 0 Å². The first-order valence-corrected chi connectivity index (χ1v) is 9.16. The van der Waals surface area contributed by atoms with E-state index in [0.29, 0.717) is 37.2 Å². The summed E-state index contributed by atoms with van der Waals surface area (Å²) in [4.78, 5) is 45.4. The van der Waals surface area contributed by atoms with E-state index in [1.54, 1.807) is 17.2 Å². The first kappa shape index (κ1) is 18.8. The molecule has 0 radical (unpaired) electrons. The summed E-state index contributed by atoms with van der Waals surface area (Å²) in [6.07, 6.45) is 2.87. The molecular formula is C20H24N4O3. The summed E-state index contributed by atoms with van der Waals surface area (Å²) in [6, 6.07) is 8.44. The number of aromatic amines is 1. The molecule has 1 saturated heterocycles. The molecule has 0 aromatic carbocycles. The smallest absolute Gasteiger partial charge is 0.256 e. The number of rotatable bonds is 6. The van der Waals surface area contributed by atoms with Crippen LogP contribution in [0, 0.1) is 0 Å². The Morgan fingerprint density at radius 3 is 2.70 bits per heavy atom. The van der Waals surface area contributed by atoms with Gasteiger partial charge < -0.3 is 15.2 Å². The molecule has 7 nitrogen and oxygen atoms in total. The minimum absolute atomic E-state index is 0.000679. The van der Waals surface area contributed by atoms with Crippen molar-refractivity contribution >= 4 is 11.8 Å². The van der Waals surface area contributed by atoms with Crippen molar-refractivity contribution in [2.24, 2.45) is 0 Å². The highest BCUT2D eigenvalue weighted by Gasteiger charge is 2.27. The summed E-state index contributed by atoms with van der Waals surface area (Å²) in [5.74, 6) is -0.167. The number of nitrogens with one attached hydrogen (secondary N) is 2. The zero-order chi connectivity index (χ0) is 19.4. The van der Waals surface area contributed by atoms with E-state index in [9.17, 15) is 14.4 Å². The van der Waals surface area contributed by atoms with E-state index in [1.807, 2.05) is 32.0 Å². The van der Waals surface area contributed by atoms with Crippen LogP contribution in [0.25, 0.3) is 0 Å². The van der Waals surface area contributed by atoms with Gasteiger partial charge in [-0.2, -0.15) is 0 Å². The van der Waals surface area contributed by atoms with E-state index < -0.39 is 0 Å². The fourth-order valence-electron chi connectivity index (χ4n) is 3.29. The van der Waals surface area contributed by atoms with Crippen LogP contribution in [0.3, 0.4) is 0 Å². The van der Waals surface area contributed by atoms with E-state index in [1.165, 1.54) is 6.07 Å². The Labute approximate surface area is 157 Å². The summed E-state index contributed by atoms with van der Waals surface area (Å²) in [6.45, 7) is 4.60. The highest BCUT2D eigenvalue weighted by atomic mass is 16.2. The highest BCUT2D eigenvalue weighted by Crippen LogP contribution is 2.19. The van der Waals surface area contributed by atoms with E-state index in [4.69, 9.17) is 0 Å². The Hall–Kier alpha value is -2.96. The molecule has 0 unspecified atom stereocenters. The van der Waals surface area contributed by atoms with Gasteiger partial charge in [-0.3, -0.25) is 19.4 Å². The van der Waals surface area contributed by atoms with E-state index >= 15 is 0 Å². The summed E-state index contributed by atoms with van der Waals surface area (Å²) < 4.78 is 0. The second-order valence-electron chi connectivity index (χ2n) is 7.11. The third-order valence-electron chi connectivity index (χ3n) is 4.65. The molecule has 1 atom stereocenters. The second-order valence-corrected chi connectivity index (χ2v) is 7.11. The van der Waals surface area contributed by atoms with Crippen LogP contribution in [0.4, 0.5) is 0 Å². The largest absolute Gasteiger partial charge is 0.352 e. The van der Waals surface area contributed by atoms with Gasteiger partial charge in [-0.25, -0.2) is 0 Å². The van der Waals surface area contributed by atoms with Gasteiger partial charge in [-0.1, -0.05) is 19.9 Å². The lowest BCUT2D eigenvalue weighted by Gasteiger charge is -2.27. The molecule has 142 valence electrons. The molecule has 0 aliphatic carbocycles. The lowest BCUT2D eigenvalue weighted by Crippen LogP contribution is -2.42. The van der Waals surface area contributed by atoms with Gasteiger partial charge in [0.15, 0.2) is 0 Å². The molecule has 3 rings (SSSR count). The summed E-state index contributed by atoms with van der Waals surface area (Å²) in [5, 5.41) is 2.91. The molecule has 7 heteroatoms. The maximum absolute atomic E-state index is 13.3. The van der Waals surface area contributed by atoms with Gasteiger partial charge in [-0.05, 0) is 30.5 Å². The van der Waals surface area contributed by atoms with Crippen molar-refractivity contribution in [3.8, 4) is 0 Å². The van der Waals surface area contributed by atoms with Gasteiger partial charge in [-0.15, -0.1) is 0 Å². The van der Waals surface area contributed by atoms with Crippen molar-refractivity contribution in [2.45, 2.75) is 45.2 Å². The highest BCUT2D eigenvalue weighted by molar-refractivity contribution is 5.95. The van der Waals surface area contributed by atoms with Crippen LogP contribution in [0.2, 0.25) is 0 Å². The molecule has 3 heterocycles. The van der Waals surface area contributed by atoms with Crippen LogP contribution in [0.15, 0.2) is 41.3 Å². The number of pyridine rings is 2. The van der Waals surface area contributed by atoms with Gasteiger partial charge in [0.1, 0.15) is 0 Å². The molecule has 1 aliphatic heterocycles. The molecule has 0 spiro atoms. The zero-order valence-corrected chi connectivity index (χ0v) is 15.6. The number of amides is 2. The molecule has 1 fully saturated rings. The van der Waals surface area contributed by atoms with E-state index in [0.717, 1.165) is 5.69 Å². The summed E-state index contributed by atoms with van der Waals surface area (Å²) in [5.41, 5.74) is 1.64. The number of nitrogens with zero attached hydrogens (tertiary/aromatic N) is 2. The summed E-state index contributed by atoms with van der Waals surface area (Å²) >= 11 is 0. The van der Waals surface area contributed by atoms with Crippen LogP contribution in [0.1, 0.15) is 54.4 Å². The third-order valence-corrected chi connectivity index (χ3v) is 4.65. The first-order chi connectivity index (χ1) is 12.9. The van der Waals surface area contributed by atoms with E-state index in [2.05, 4.69) is 15.3 Å². The van der Waals surface area contributed by atoms with Crippen LogP contribution >= 0.6 is 0 Å². The molecule has 1 aliphatic rings. The second kappa shape index (κ2) is 8.16. The Bertz CT molecular complexity index is 876. The molecule has 27 heavy (non-hydrogen) atoms. The van der Waals surface area contributed by atoms with Crippen molar-refractivity contribution in [1.82, 2.24) is 20.2 Å². The average Bonchev–Trinajstić information content (AvgIpc) is 3.06. The number of H-pyrrole nitrogens is 1. The number of carbonyl (C=O) groups excluding carboxylic acids is 2. The average molecular weight is 368 g/mol. The number of aromatic nitrogens is 2. The van der Waals surface area contributed by atoms with Crippen molar-refractivity contribution < 1.29 is 9.59 Å². The molecular weight excluding hydrogens is 344 g/mol. The normalized spacial score (nSPS) is 16.4. The molecule has 2 amide bonds. The Morgan fingerprint density at radius 2 is 2.07 bits per heavy atom. The van der Waals surface area contributed by atoms with Crippen molar-refractivity contribution in [1.29, 1.82) is 0 Å². The van der Waals surface area contributed by atoms with Gasteiger partial charge in [0.05, 0.1) is 17.8 Å². The molecule has 2 aromatic heterocycles. The van der Waals surface area contributed by atoms with Crippen LogP contribution in [0.5, 0.6) is 0 Å². The fourth-order valence-corrected chi connectivity index (χ4v) is 3.29. The molecule has 0 bridgehead atoms. The minimum atomic E-state index is -0.227. The predicted octanol–water partition coefficient (Wildman–Crippen LogP) is 1.81. The molecule has 0 saturated carbocycles. The van der Waals surface area contributed by atoms with Crippen molar-refractivity contribution in [3.63, 3.8) is 0 Å². The van der Waals surface area contributed by atoms with Gasteiger partial charge in [0.25, 0.3) is 5.91 Å². The Balaban J connectivity index is 1.90. The fraction of sp³-hybridized carbons (Fsp3) is 0.400. The lowest BCUT2D eigenvalue weighted by atomic mass is 10.0. The van der Waals surface area contributed by atoms with Gasteiger partial charge in [0, 0.05) is 37.0 Å². The first-order valence-electron chi connectivity index (χ1n) is 9.16. The molecule has 2 aromatic rings. The quantitative estimate of drug-likeness (QED) is 0.813. The standard InChI is InChI=1S/C20H24N4O3/c1-13(2)19-16(7-9-18(26)23-19)20(27)24(11-14-5-3-4-10-21-14)12-15-6-8-17(25)22-15/h3-5,7,9-10,13,15H,6,8,11-12H2,1-2H3,(H,22,25)(H,23,26)/t15-/m0/s1. The summed E-state index contributed by atoms with van der Waals surface area (Å²) in [7, 11) is 0. The predicted molar refractivity (Wildman–Crippen MR) is 101 cm³/mol. The maximum atomic E-state index is 13.3. The Morgan fingerprint density at radius 1 is 1.26 bits per heavy atom. The van der Waals surface area contributed by atoms with Crippen LogP contribution in [-0.4, -0.2) is 39.3 Å². The number of hydrogen-bond donors (Lipinski definition) is 2. The number of hydrogen-bond acceptors (Lipinski definition) is 4. The SMILES string of the molecule is CC(C)c1[nH]c(=O)ccc1C(=O)N(Cc1ccccn1)C[C@@H]1CCC(=O)N1. The monoisotopic (exact) mass is 368 g/mol. The minimum Gasteiger partial charge on any atom is -0.352 e. The van der Waals surface area contributed by atoms with Gasteiger partial charge in [0.2, 0.25) is 11.5 Å². The Kier molecular flexibility index (Phi) is 5.69. The van der Waals surface area contributed by atoms with E-state index in [-0.39, 0.29) is 29.3 Å². The van der Waals surface area contributed by atoms with Crippen LogP contribution in [-0.2, 0) is 11.3 Å². The topological polar surface area (TPSA) is 95.2 Å². The lowest BCUT2D eigenvalue weighted by molar-refractivity contribution is -0.119. The maximum Gasteiger partial charge on any atom is 0.256 e. The zero-order valence-electron chi connectivity index (χ0n) is 15.6. The van der Waals surface area contributed by atoms with Crippen molar-refractivity contribution in [3.05, 3.63) is 63.8 Å². The third kappa shape index (κ3) is 4.61. The van der Waals surface area contributed by atoms with Crippen LogP contribution < -0.4 is 10.9 Å². The molecule has 2 N–H and O–H groups in total. The number of carbonyl (C=O) groups is 2.